The lowest BCUT2D eigenvalue weighted by molar-refractivity contribution is -0.122. The van der Waals surface area contributed by atoms with Crippen LogP contribution in [0.3, 0.4) is 0 Å². The standard InChI is InChI=1S/C14H27N5O5/c1-16-13(20)3-2-4-14(21)17-5-7-22-9-11-24-12-10-23-8-6-18-19-15/h2-12H2,1H3,(H,16,20)(H,17,21). The van der Waals surface area contributed by atoms with Crippen LogP contribution in [0.2, 0.25) is 0 Å². The minimum absolute atomic E-state index is 0.0628. The molecule has 0 aromatic heterocycles. The minimum atomic E-state index is -0.0864. The van der Waals surface area contributed by atoms with Crippen molar-refractivity contribution in [3.8, 4) is 0 Å². The van der Waals surface area contributed by atoms with Crippen LogP contribution in [-0.2, 0) is 23.8 Å². The predicted molar refractivity (Wildman–Crippen MR) is 87.4 cm³/mol. The van der Waals surface area contributed by atoms with Gasteiger partial charge in [-0.15, -0.1) is 0 Å². The minimum Gasteiger partial charge on any atom is -0.379 e. The monoisotopic (exact) mass is 345 g/mol. The molecule has 0 rings (SSSR count). The second-order valence-electron chi connectivity index (χ2n) is 4.67. The largest absolute Gasteiger partial charge is 0.379 e. The first kappa shape index (κ1) is 22.1. The Bertz CT molecular complexity index is 388. The molecule has 0 spiro atoms. The lowest BCUT2D eigenvalue weighted by Crippen LogP contribution is -2.28. The van der Waals surface area contributed by atoms with Gasteiger partial charge in [-0.05, 0) is 12.0 Å². The molecule has 0 fully saturated rings. The molecular weight excluding hydrogens is 318 g/mol. The van der Waals surface area contributed by atoms with Crippen molar-refractivity contribution >= 4 is 11.8 Å². The van der Waals surface area contributed by atoms with Crippen LogP contribution in [0.1, 0.15) is 19.3 Å². The van der Waals surface area contributed by atoms with Crippen molar-refractivity contribution < 1.29 is 23.8 Å². The van der Waals surface area contributed by atoms with Crippen LogP contribution in [0.25, 0.3) is 10.4 Å². The van der Waals surface area contributed by atoms with E-state index in [9.17, 15) is 9.59 Å². The molecule has 138 valence electrons. The number of nitrogens with one attached hydrogen (secondary N) is 2. The maximum Gasteiger partial charge on any atom is 0.220 e. The van der Waals surface area contributed by atoms with E-state index in [2.05, 4.69) is 20.7 Å². The van der Waals surface area contributed by atoms with E-state index in [0.717, 1.165) is 0 Å². The topological polar surface area (TPSA) is 135 Å². The third-order valence-corrected chi connectivity index (χ3v) is 2.80. The Balaban J connectivity index is 3.20. The Morgan fingerprint density at radius 2 is 1.54 bits per heavy atom. The summed E-state index contributed by atoms with van der Waals surface area (Å²) in [7, 11) is 1.57. The summed E-state index contributed by atoms with van der Waals surface area (Å²) in [5, 5.41) is 8.56. The van der Waals surface area contributed by atoms with Gasteiger partial charge in [0.1, 0.15) is 0 Å². The van der Waals surface area contributed by atoms with Crippen molar-refractivity contribution in [1.82, 2.24) is 10.6 Å². The summed E-state index contributed by atoms with van der Waals surface area (Å²) >= 11 is 0. The molecular formula is C14H27N5O5. The number of azide groups is 1. The molecule has 0 atom stereocenters. The molecule has 0 radical (unpaired) electrons. The molecule has 0 heterocycles. The Morgan fingerprint density at radius 3 is 2.17 bits per heavy atom. The van der Waals surface area contributed by atoms with Gasteiger partial charge >= 0.3 is 0 Å². The van der Waals surface area contributed by atoms with Crippen LogP contribution >= 0.6 is 0 Å². The van der Waals surface area contributed by atoms with Gasteiger partial charge in [0.15, 0.2) is 0 Å². The number of hydrogen-bond acceptors (Lipinski definition) is 6. The average Bonchev–Trinajstić information content (AvgIpc) is 2.58. The fourth-order valence-corrected chi connectivity index (χ4v) is 1.58. The van der Waals surface area contributed by atoms with Gasteiger partial charge in [0.2, 0.25) is 11.8 Å². The average molecular weight is 345 g/mol. The zero-order valence-electron chi connectivity index (χ0n) is 14.2. The zero-order chi connectivity index (χ0) is 17.9. The van der Waals surface area contributed by atoms with Crippen molar-refractivity contribution in [2.24, 2.45) is 5.11 Å². The molecule has 0 aromatic carbocycles. The summed E-state index contributed by atoms with van der Waals surface area (Å²) in [6.45, 7) is 3.30. The predicted octanol–water partition coefficient (Wildman–Crippen LogP) is 0.379. The van der Waals surface area contributed by atoms with E-state index in [1.165, 1.54) is 0 Å². The second-order valence-corrected chi connectivity index (χ2v) is 4.67. The number of amides is 2. The van der Waals surface area contributed by atoms with Gasteiger partial charge in [-0.3, -0.25) is 9.59 Å². The fourth-order valence-electron chi connectivity index (χ4n) is 1.58. The number of hydrogen-bond donors (Lipinski definition) is 2. The normalized spacial score (nSPS) is 10.0. The summed E-state index contributed by atoms with van der Waals surface area (Å²) < 4.78 is 15.7. The molecule has 0 saturated carbocycles. The van der Waals surface area contributed by atoms with Crippen LogP contribution in [0.15, 0.2) is 5.11 Å². The van der Waals surface area contributed by atoms with Gasteiger partial charge in [-0.1, -0.05) is 5.11 Å². The van der Waals surface area contributed by atoms with Crippen LogP contribution in [0.5, 0.6) is 0 Å². The van der Waals surface area contributed by atoms with E-state index in [1.807, 2.05) is 0 Å². The molecule has 0 aliphatic carbocycles. The Morgan fingerprint density at radius 1 is 0.958 bits per heavy atom. The van der Waals surface area contributed by atoms with E-state index in [0.29, 0.717) is 72.0 Å². The van der Waals surface area contributed by atoms with Gasteiger partial charge in [0, 0.05) is 37.9 Å². The lowest BCUT2D eigenvalue weighted by atomic mass is 10.2. The molecule has 0 aliphatic heterocycles. The summed E-state index contributed by atoms with van der Waals surface area (Å²) in [6, 6.07) is 0. The first-order chi connectivity index (χ1) is 11.7. The van der Waals surface area contributed by atoms with E-state index in [4.69, 9.17) is 19.7 Å². The summed E-state index contributed by atoms with van der Waals surface area (Å²) in [4.78, 5) is 25.0. The SMILES string of the molecule is CNC(=O)CCCC(=O)NCCOCCOCCOCCN=[N+]=[N-]. The number of rotatable bonds is 16. The quantitative estimate of drug-likeness (QED) is 0.180. The van der Waals surface area contributed by atoms with Gasteiger partial charge in [0.25, 0.3) is 0 Å². The fraction of sp³-hybridized carbons (Fsp3) is 0.857. The van der Waals surface area contributed by atoms with Crippen molar-refractivity contribution in [3.63, 3.8) is 0 Å². The Kier molecular flexibility index (Phi) is 16.1. The highest BCUT2D eigenvalue weighted by Gasteiger charge is 2.03. The third kappa shape index (κ3) is 16.5. The molecule has 0 unspecified atom stereocenters. The van der Waals surface area contributed by atoms with Crippen LogP contribution in [0.4, 0.5) is 0 Å². The summed E-state index contributed by atoms with van der Waals surface area (Å²) in [5.41, 5.74) is 8.05. The molecule has 0 aliphatic rings. The van der Waals surface area contributed by atoms with Crippen molar-refractivity contribution in [3.05, 3.63) is 10.4 Å². The highest BCUT2D eigenvalue weighted by atomic mass is 16.5. The lowest BCUT2D eigenvalue weighted by Gasteiger charge is -2.07. The molecule has 2 amide bonds. The Labute approximate surface area is 141 Å². The zero-order valence-corrected chi connectivity index (χ0v) is 14.2. The van der Waals surface area contributed by atoms with E-state index < -0.39 is 0 Å². The number of carbonyl (C=O) groups excluding carboxylic acids is 2. The smallest absolute Gasteiger partial charge is 0.220 e. The summed E-state index contributed by atoms with van der Waals surface area (Å²) in [5.74, 6) is -0.149. The third-order valence-electron chi connectivity index (χ3n) is 2.80. The number of carbonyl (C=O) groups is 2. The van der Waals surface area contributed by atoms with Gasteiger partial charge < -0.3 is 24.8 Å². The summed E-state index contributed by atoms with van der Waals surface area (Å²) in [6.07, 6.45) is 1.22. The van der Waals surface area contributed by atoms with Crippen LogP contribution in [0, 0.1) is 0 Å². The van der Waals surface area contributed by atoms with Gasteiger partial charge in [-0.2, -0.15) is 0 Å². The molecule has 10 heteroatoms. The highest BCUT2D eigenvalue weighted by Crippen LogP contribution is 1.94. The van der Waals surface area contributed by atoms with Crippen molar-refractivity contribution in [2.75, 3.05) is 59.8 Å². The highest BCUT2D eigenvalue weighted by molar-refractivity contribution is 5.78. The van der Waals surface area contributed by atoms with Crippen molar-refractivity contribution in [1.29, 1.82) is 0 Å². The van der Waals surface area contributed by atoms with E-state index in [1.54, 1.807) is 7.05 Å². The molecule has 0 aromatic rings. The first-order valence-corrected chi connectivity index (χ1v) is 7.92. The van der Waals surface area contributed by atoms with E-state index >= 15 is 0 Å². The van der Waals surface area contributed by atoms with Gasteiger partial charge in [-0.25, -0.2) is 0 Å². The van der Waals surface area contributed by atoms with Gasteiger partial charge in [0.05, 0.1) is 39.6 Å². The first-order valence-electron chi connectivity index (χ1n) is 7.92. The van der Waals surface area contributed by atoms with E-state index in [-0.39, 0.29) is 11.8 Å². The van der Waals surface area contributed by atoms with Crippen molar-refractivity contribution in [2.45, 2.75) is 19.3 Å². The number of ether oxygens (including phenoxy) is 3. The maximum absolute atomic E-state index is 11.5. The van der Waals surface area contributed by atoms with Crippen LogP contribution < -0.4 is 10.6 Å². The maximum atomic E-state index is 11.5. The molecule has 0 bridgehead atoms. The van der Waals surface area contributed by atoms with Crippen LogP contribution in [-0.4, -0.2) is 71.6 Å². The number of nitrogens with zero attached hydrogens (tertiary/aromatic N) is 3. The molecule has 0 saturated heterocycles. The molecule has 24 heavy (non-hydrogen) atoms. The molecule has 10 nitrogen and oxygen atoms in total. The second kappa shape index (κ2) is 17.5. The molecule has 2 N–H and O–H groups in total. The Hall–Kier alpha value is -1.87.